The highest BCUT2D eigenvalue weighted by atomic mass is 32.2. The maximum atomic E-state index is 12.7. The Morgan fingerprint density at radius 3 is 2.74 bits per heavy atom. The molecule has 0 radical (unpaired) electrons. The van der Waals surface area contributed by atoms with Crippen molar-refractivity contribution in [2.75, 3.05) is 37.7 Å². The Balaban J connectivity index is 1.36. The fourth-order valence-corrected chi connectivity index (χ4v) is 6.15. The van der Waals surface area contributed by atoms with Crippen LogP contribution >= 0.6 is 0 Å². The minimum absolute atomic E-state index is 0.121. The van der Waals surface area contributed by atoms with Gasteiger partial charge in [-0.3, -0.25) is 4.79 Å². The lowest BCUT2D eigenvalue weighted by atomic mass is 10.1. The van der Waals surface area contributed by atoms with Crippen LogP contribution in [0.15, 0.2) is 28.9 Å². The maximum absolute atomic E-state index is 12.7. The van der Waals surface area contributed by atoms with Crippen LogP contribution in [0, 0.1) is 0 Å². The topological polar surface area (TPSA) is 72.0 Å². The molecule has 0 saturated carbocycles. The van der Waals surface area contributed by atoms with Crippen molar-refractivity contribution in [3.63, 3.8) is 0 Å². The Morgan fingerprint density at radius 2 is 2.07 bits per heavy atom. The minimum atomic E-state index is -2.85. The number of carbonyl (C=O) groups excluding carboxylic acids is 1. The van der Waals surface area contributed by atoms with Gasteiger partial charge in [0.05, 0.1) is 44.6 Å². The van der Waals surface area contributed by atoms with Gasteiger partial charge in [0.1, 0.15) is 17.4 Å². The zero-order valence-electron chi connectivity index (χ0n) is 15.7. The molecule has 2 fully saturated rings. The van der Waals surface area contributed by atoms with Crippen molar-refractivity contribution in [1.82, 2.24) is 4.90 Å². The van der Waals surface area contributed by atoms with E-state index in [0.29, 0.717) is 31.0 Å². The molecule has 3 heterocycles. The molecule has 1 amide bonds. The summed E-state index contributed by atoms with van der Waals surface area (Å²) in [5.41, 5.74) is 3.01. The number of fused-ring (bicyclic) bond motifs is 1. The van der Waals surface area contributed by atoms with Gasteiger partial charge in [0, 0.05) is 17.4 Å². The molecule has 1 N–H and O–H groups in total. The molecule has 2 aliphatic heterocycles. The molecule has 2 aliphatic rings. The van der Waals surface area contributed by atoms with E-state index in [1.807, 2.05) is 17.0 Å². The Labute approximate surface area is 160 Å². The highest BCUT2D eigenvalue weighted by Gasteiger charge is 2.37. The number of nitrogens with zero attached hydrogens (tertiary/aromatic N) is 1. The van der Waals surface area contributed by atoms with E-state index in [-0.39, 0.29) is 11.9 Å². The number of hydrogen-bond donors (Lipinski definition) is 1. The normalized spacial score (nSPS) is 23.1. The highest BCUT2D eigenvalue weighted by Crippen LogP contribution is 2.23. The lowest BCUT2D eigenvalue weighted by molar-refractivity contribution is -0.925. The Hall–Kier alpha value is -1.86. The third kappa shape index (κ3) is 3.89. The first kappa shape index (κ1) is 18.5. The molecule has 146 valence electrons. The standard InChI is InChI=1S/C20H26N2O4S/c1-2-15-3-4-18-16(13-26-19(18)11-15)12-20(23)22-8-6-21(7-9-22)17-5-10-27(24,25)14-17/h3-4,11,13,17H,2,5-10,12,14H2,1H3/p+1/t17-/m0/s1. The van der Waals surface area contributed by atoms with E-state index in [4.69, 9.17) is 4.42 Å². The van der Waals surface area contributed by atoms with E-state index in [1.165, 1.54) is 10.5 Å². The largest absolute Gasteiger partial charge is 0.464 e. The average molecular weight is 392 g/mol. The third-order valence-corrected chi connectivity index (χ3v) is 7.81. The van der Waals surface area contributed by atoms with Crippen LogP contribution in [0.2, 0.25) is 0 Å². The van der Waals surface area contributed by atoms with E-state index in [0.717, 1.165) is 42.5 Å². The van der Waals surface area contributed by atoms with Gasteiger partial charge < -0.3 is 14.2 Å². The number of carbonyl (C=O) groups is 1. The quantitative estimate of drug-likeness (QED) is 0.822. The Morgan fingerprint density at radius 1 is 1.30 bits per heavy atom. The number of sulfone groups is 1. The van der Waals surface area contributed by atoms with Gasteiger partial charge in [-0.1, -0.05) is 19.1 Å². The van der Waals surface area contributed by atoms with E-state index >= 15 is 0 Å². The van der Waals surface area contributed by atoms with Crippen molar-refractivity contribution < 1.29 is 22.5 Å². The monoisotopic (exact) mass is 391 g/mol. The molecule has 6 nitrogen and oxygen atoms in total. The van der Waals surface area contributed by atoms with Gasteiger partial charge in [0.2, 0.25) is 5.91 Å². The molecular formula is C20H27N2O4S+. The summed E-state index contributed by atoms with van der Waals surface area (Å²) in [6.07, 6.45) is 3.77. The van der Waals surface area contributed by atoms with Gasteiger partial charge in [0.25, 0.3) is 0 Å². The van der Waals surface area contributed by atoms with Crippen molar-refractivity contribution in [1.29, 1.82) is 0 Å². The molecule has 1 atom stereocenters. The number of aryl methyl sites for hydroxylation is 1. The van der Waals surface area contributed by atoms with E-state index < -0.39 is 9.84 Å². The summed E-state index contributed by atoms with van der Waals surface area (Å²) in [6.45, 7) is 5.16. The lowest BCUT2D eigenvalue weighted by Gasteiger charge is -2.35. The van der Waals surface area contributed by atoms with Crippen molar-refractivity contribution >= 4 is 26.7 Å². The van der Waals surface area contributed by atoms with Gasteiger partial charge in [-0.15, -0.1) is 0 Å². The third-order valence-electron chi connectivity index (χ3n) is 6.04. The molecule has 0 aliphatic carbocycles. The first-order chi connectivity index (χ1) is 12.9. The molecule has 1 aromatic heterocycles. The number of benzene rings is 1. The molecule has 0 bridgehead atoms. The van der Waals surface area contributed by atoms with E-state index in [1.54, 1.807) is 6.26 Å². The number of furan rings is 1. The molecule has 7 heteroatoms. The number of quaternary nitrogens is 1. The van der Waals surface area contributed by atoms with E-state index in [2.05, 4.69) is 13.0 Å². The smallest absolute Gasteiger partial charge is 0.227 e. The average Bonchev–Trinajstić information content (AvgIpc) is 3.24. The Kier molecular flexibility index (Phi) is 4.99. The molecule has 0 unspecified atom stereocenters. The summed E-state index contributed by atoms with van der Waals surface area (Å²) < 4.78 is 29.0. The predicted molar refractivity (Wildman–Crippen MR) is 104 cm³/mol. The van der Waals surface area contributed by atoms with Gasteiger partial charge in [-0.25, -0.2) is 8.42 Å². The molecule has 4 rings (SSSR count). The van der Waals surface area contributed by atoms with Crippen LogP contribution in [0.3, 0.4) is 0 Å². The molecular weight excluding hydrogens is 364 g/mol. The lowest BCUT2D eigenvalue weighted by Crippen LogP contribution is -3.18. The van der Waals surface area contributed by atoms with Gasteiger partial charge >= 0.3 is 0 Å². The summed E-state index contributed by atoms with van der Waals surface area (Å²) in [5.74, 6) is 0.740. The van der Waals surface area contributed by atoms with Gasteiger partial charge in [0.15, 0.2) is 9.84 Å². The molecule has 1 aromatic carbocycles. The fraction of sp³-hybridized carbons (Fsp3) is 0.550. The van der Waals surface area contributed by atoms with Crippen molar-refractivity contribution in [2.24, 2.45) is 0 Å². The molecule has 2 aromatic rings. The molecule has 0 spiro atoms. The van der Waals surface area contributed by atoms with Gasteiger partial charge in [-0.2, -0.15) is 0 Å². The Bertz CT molecular complexity index is 942. The summed E-state index contributed by atoms with van der Waals surface area (Å²) >= 11 is 0. The molecule has 27 heavy (non-hydrogen) atoms. The SMILES string of the molecule is CCc1ccc2c(CC(=O)N3CC[NH+]([C@H]4CCS(=O)(=O)C4)CC3)coc2c1. The summed E-state index contributed by atoms with van der Waals surface area (Å²) in [7, 11) is -2.85. The number of rotatable bonds is 4. The van der Waals surface area contributed by atoms with Crippen LogP contribution in [0.5, 0.6) is 0 Å². The summed E-state index contributed by atoms with van der Waals surface area (Å²) in [6, 6.07) is 6.38. The number of piperazine rings is 1. The number of nitrogens with one attached hydrogen (secondary N) is 1. The van der Waals surface area contributed by atoms with Crippen molar-refractivity contribution in [2.45, 2.75) is 32.2 Å². The van der Waals surface area contributed by atoms with Crippen LogP contribution in [0.1, 0.15) is 24.5 Å². The van der Waals surface area contributed by atoms with Crippen LogP contribution < -0.4 is 4.90 Å². The van der Waals surface area contributed by atoms with Gasteiger partial charge in [-0.05, 0) is 18.1 Å². The maximum Gasteiger partial charge on any atom is 0.227 e. The first-order valence-electron chi connectivity index (χ1n) is 9.77. The van der Waals surface area contributed by atoms with Crippen LogP contribution in [-0.4, -0.2) is 63.0 Å². The number of amides is 1. The van der Waals surface area contributed by atoms with Crippen molar-refractivity contribution in [3.05, 3.63) is 35.6 Å². The second kappa shape index (κ2) is 7.28. The highest BCUT2D eigenvalue weighted by molar-refractivity contribution is 7.91. The van der Waals surface area contributed by atoms with Crippen LogP contribution in [0.25, 0.3) is 11.0 Å². The minimum Gasteiger partial charge on any atom is -0.464 e. The fourth-order valence-electron chi connectivity index (χ4n) is 4.33. The number of hydrogen-bond acceptors (Lipinski definition) is 4. The second-order valence-corrected chi connectivity index (χ2v) is 9.99. The first-order valence-corrected chi connectivity index (χ1v) is 11.6. The second-order valence-electron chi connectivity index (χ2n) is 7.76. The van der Waals surface area contributed by atoms with E-state index in [9.17, 15) is 13.2 Å². The molecule has 2 saturated heterocycles. The van der Waals surface area contributed by atoms with Crippen LogP contribution in [0.4, 0.5) is 0 Å². The van der Waals surface area contributed by atoms with Crippen LogP contribution in [-0.2, 0) is 27.5 Å². The zero-order valence-corrected chi connectivity index (χ0v) is 16.6. The zero-order chi connectivity index (χ0) is 19.0. The summed E-state index contributed by atoms with van der Waals surface area (Å²) in [4.78, 5) is 16.0. The predicted octanol–water partition coefficient (Wildman–Crippen LogP) is 0.452. The summed E-state index contributed by atoms with van der Waals surface area (Å²) in [5, 5.41) is 1.01. The van der Waals surface area contributed by atoms with Crippen molar-refractivity contribution in [3.8, 4) is 0 Å².